The van der Waals surface area contributed by atoms with Crippen LogP contribution in [0.4, 0.5) is 0 Å². The molecular formula is C17H19N3. The molecule has 1 aromatic carbocycles. The van der Waals surface area contributed by atoms with E-state index in [0.717, 1.165) is 25.2 Å². The number of para-hydroxylation sites is 1. The lowest BCUT2D eigenvalue weighted by molar-refractivity contribution is 0.675. The number of aromatic amines is 1. The molecule has 0 aliphatic rings. The van der Waals surface area contributed by atoms with Gasteiger partial charge >= 0.3 is 0 Å². The van der Waals surface area contributed by atoms with Crippen molar-refractivity contribution in [1.82, 2.24) is 15.3 Å². The predicted octanol–water partition coefficient (Wildman–Crippen LogP) is 3.42. The summed E-state index contributed by atoms with van der Waals surface area (Å²) in [5, 5.41) is 4.75. The minimum absolute atomic E-state index is 0.807. The van der Waals surface area contributed by atoms with Gasteiger partial charge in [0.15, 0.2) is 0 Å². The van der Waals surface area contributed by atoms with E-state index in [-0.39, 0.29) is 0 Å². The summed E-state index contributed by atoms with van der Waals surface area (Å²) >= 11 is 0. The van der Waals surface area contributed by atoms with Crippen molar-refractivity contribution in [1.29, 1.82) is 0 Å². The van der Waals surface area contributed by atoms with Crippen LogP contribution < -0.4 is 5.32 Å². The predicted molar refractivity (Wildman–Crippen MR) is 82.5 cm³/mol. The molecule has 0 saturated heterocycles. The number of benzene rings is 1. The maximum atomic E-state index is 4.46. The number of pyridine rings is 1. The molecule has 3 heteroatoms. The number of nitrogens with one attached hydrogen (secondary N) is 2. The molecule has 0 fully saturated rings. The standard InChI is InChI=1S/C17H19N3/c1-2-13-7-4-9-19-16(13)12-18-11-15-6-3-5-14-8-10-20-17(14)15/h3-10,18,20H,2,11-12H2,1H3. The third kappa shape index (κ3) is 2.58. The summed E-state index contributed by atoms with van der Waals surface area (Å²) in [6, 6.07) is 12.6. The summed E-state index contributed by atoms with van der Waals surface area (Å²) in [6.07, 6.45) is 4.88. The van der Waals surface area contributed by atoms with Gasteiger partial charge in [0.2, 0.25) is 0 Å². The fourth-order valence-corrected chi connectivity index (χ4v) is 2.56. The molecule has 20 heavy (non-hydrogen) atoms. The summed E-state index contributed by atoms with van der Waals surface area (Å²) in [5.41, 5.74) is 4.98. The highest BCUT2D eigenvalue weighted by Gasteiger charge is 2.03. The molecule has 0 unspecified atom stereocenters. The lowest BCUT2D eigenvalue weighted by atomic mass is 10.1. The number of fused-ring (bicyclic) bond motifs is 1. The van der Waals surface area contributed by atoms with Gasteiger partial charge in [-0.1, -0.05) is 31.2 Å². The van der Waals surface area contributed by atoms with Crippen molar-refractivity contribution in [3.05, 3.63) is 65.6 Å². The average Bonchev–Trinajstić information content (AvgIpc) is 2.97. The molecule has 0 saturated carbocycles. The van der Waals surface area contributed by atoms with Gasteiger partial charge in [-0.3, -0.25) is 4.98 Å². The van der Waals surface area contributed by atoms with Crippen LogP contribution in [0, 0.1) is 0 Å². The molecule has 3 nitrogen and oxygen atoms in total. The molecule has 0 spiro atoms. The summed E-state index contributed by atoms with van der Waals surface area (Å²) in [4.78, 5) is 7.77. The van der Waals surface area contributed by atoms with Crippen molar-refractivity contribution in [3.63, 3.8) is 0 Å². The zero-order valence-corrected chi connectivity index (χ0v) is 11.7. The first-order chi connectivity index (χ1) is 9.88. The lowest BCUT2D eigenvalue weighted by Gasteiger charge is -2.09. The number of hydrogen-bond donors (Lipinski definition) is 2. The Hall–Kier alpha value is -2.13. The Labute approximate surface area is 119 Å². The molecule has 2 heterocycles. The van der Waals surface area contributed by atoms with E-state index in [1.807, 2.05) is 18.5 Å². The fraction of sp³-hybridized carbons (Fsp3) is 0.235. The molecule has 2 N–H and O–H groups in total. The van der Waals surface area contributed by atoms with Crippen LogP contribution in [-0.2, 0) is 19.5 Å². The number of aryl methyl sites for hydroxylation is 1. The second-order valence-corrected chi connectivity index (χ2v) is 4.93. The monoisotopic (exact) mass is 265 g/mol. The SMILES string of the molecule is CCc1cccnc1CNCc1cccc2cc[nH]c12. The van der Waals surface area contributed by atoms with Crippen LogP contribution in [0.25, 0.3) is 10.9 Å². The Kier molecular flexibility index (Phi) is 3.79. The number of rotatable bonds is 5. The van der Waals surface area contributed by atoms with E-state index in [1.165, 1.54) is 22.0 Å². The zero-order valence-electron chi connectivity index (χ0n) is 11.7. The zero-order chi connectivity index (χ0) is 13.8. The van der Waals surface area contributed by atoms with Crippen LogP contribution in [0.1, 0.15) is 23.7 Å². The number of aromatic nitrogens is 2. The van der Waals surface area contributed by atoms with Crippen molar-refractivity contribution in [2.75, 3.05) is 0 Å². The molecule has 0 aliphatic heterocycles. The van der Waals surface area contributed by atoms with Gasteiger partial charge in [0.1, 0.15) is 0 Å². The molecule has 102 valence electrons. The first-order valence-electron chi connectivity index (χ1n) is 7.07. The van der Waals surface area contributed by atoms with Crippen molar-refractivity contribution in [2.45, 2.75) is 26.4 Å². The highest BCUT2D eigenvalue weighted by molar-refractivity contribution is 5.82. The smallest absolute Gasteiger partial charge is 0.0573 e. The van der Waals surface area contributed by atoms with Crippen LogP contribution in [0.15, 0.2) is 48.8 Å². The lowest BCUT2D eigenvalue weighted by Crippen LogP contribution is -2.15. The van der Waals surface area contributed by atoms with Gasteiger partial charge in [-0.25, -0.2) is 0 Å². The molecule has 3 aromatic rings. The fourth-order valence-electron chi connectivity index (χ4n) is 2.56. The normalized spacial score (nSPS) is 11.1. The third-order valence-corrected chi connectivity index (χ3v) is 3.65. The van der Waals surface area contributed by atoms with Crippen LogP contribution >= 0.6 is 0 Å². The molecule has 3 rings (SSSR count). The minimum Gasteiger partial charge on any atom is -0.361 e. The first-order valence-corrected chi connectivity index (χ1v) is 7.07. The third-order valence-electron chi connectivity index (χ3n) is 3.65. The Bertz CT molecular complexity index is 700. The molecule has 0 bridgehead atoms. The van der Waals surface area contributed by atoms with Gasteiger partial charge in [-0.05, 0) is 35.1 Å². The van der Waals surface area contributed by atoms with E-state index >= 15 is 0 Å². The van der Waals surface area contributed by atoms with E-state index in [1.54, 1.807) is 0 Å². The number of nitrogens with zero attached hydrogens (tertiary/aromatic N) is 1. The van der Waals surface area contributed by atoms with Gasteiger partial charge in [0, 0.05) is 31.0 Å². The van der Waals surface area contributed by atoms with Crippen molar-refractivity contribution in [2.24, 2.45) is 0 Å². The maximum absolute atomic E-state index is 4.46. The van der Waals surface area contributed by atoms with Crippen molar-refractivity contribution >= 4 is 10.9 Å². The van der Waals surface area contributed by atoms with E-state index < -0.39 is 0 Å². The first kappa shape index (κ1) is 12.9. The van der Waals surface area contributed by atoms with E-state index in [9.17, 15) is 0 Å². The highest BCUT2D eigenvalue weighted by Crippen LogP contribution is 2.16. The van der Waals surface area contributed by atoms with Gasteiger partial charge in [-0.15, -0.1) is 0 Å². The molecule has 0 amide bonds. The highest BCUT2D eigenvalue weighted by atomic mass is 14.9. The Morgan fingerprint density at radius 1 is 1.05 bits per heavy atom. The molecule has 2 aromatic heterocycles. The van der Waals surface area contributed by atoms with Gasteiger partial charge < -0.3 is 10.3 Å². The Morgan fingerprint density at radius 2 is 1.95 bits per heavy atom. The van der Waals surface area contributed by atoms with Gasteiger partial charge in [-0.2, -0.15) is 0 Å². The summed E-state index contributed by atoms with van der Waals surface area (Å²) < 4.78 is 0. The van der Waals surface area contributed by atoms with Crippen LogP contribution in [0.3, 0.4) is 0 Å². The van der Waals surface area contributed by atoms with Gasteiger partial charge in [0.25, 0.3) is 0 Å². The summed E-state index contributed by atoms with van der Waals surface area (Å²) in [6.45, 7) is 3.82. The quantitative estimate of drug-likeness (QED) is 0.742. The maximum Gasteiger partial charge on any atom is 0.0573 e. The Morgan fingerprint density at radius 3 is 2.85 bits per heavy atom. The second-order valence-electron chi connectivity index (χ2n) is 4.93. The summed E-state index contributed by atoms with van der Waals surface area (Å²) in [5.74, 6) is 0. The van der Waals surface area contributed by atoms with Crippen molar-refractivity contribution < 1.29 is 0 Å². The molecule has 0 atom stereocenters. The largest absolute Gasteiger partial charge is 0.361 e. The van der Waals surface area contributed by atoms with E-state index in [0.29, 0.717) is 0 Å². The number of H-pyrrole nitrogens is 1. The molecular weight excluding hydrogens is 246 g/mol. The molecule has 0 radical (unpaired) electrons. The van der Waals surface area contributed by atoms with Crippen LogP contribution in [-0.4, -0.2) is 9.97 Å². The van der Waals surface area contributed by atoms with E-state index in [4.69, 9.17) is 0 Å². The average molecular weight is 265 g/mol. The van der Waals surface area contributed by atoms with Gasteiger partial charge in [0.05, 0.1) is 5.69 Å². The van der Waals surface area contributed by atoms with E-state index in [2.05, 4.69) is 52.5 Å². The minimum atomic E-state index is 0.807. The number of hydrogen-bond acceptors (Lipinski definition) is 2. The second kappa shape index (κ2) is 5.88. The van der Waals surface area contributed by atoms with Crippen LogP contribution in [0.2, 0.25) is 0 Å². The van der Waals surface area contributed by atoms with Crippen molar-refractivity contribution in [3.8, 4) is 0 Å². The summed E-state index contributed by atoms with van der Waals surface area (Å²) in [7, 11) is 0. The molecule has 0 aliphatic carbocycles. The topological polar surface area (TPSA) is 40.7 Å². The van der Waals surface area contributed by atoms with Crippen LogP contribution in [0.5, 0.6) is 0 Å². The Balaban J connectivity index is 1.69.